The molecule has 1 aliphatic carbocycles. The molecule has 0 amide bonds. The minimum Gasteiger partial charge on any atom is -0.375 e. The van der Waals surface area contributed by atoms with E-state index in [2.05, 4.69) is 4.18 Å². The Hall–Kier alpha value is -1.64. The summed E-state index contributed by atoms with van der Waals surface area (Å²) >= 11 is 0. The summed E-state index contributed by atoms with van der Waals surface area (Å²) < 4.78 is 75.8. The van der Waals surface area contributed by atoms with Gasteiger partial charge in [-0.25, -0.2) is 4.39 Å². The Kier molecular flexibility index (Phi) is 3.49. The average molecular weight is 312 g/mol. The lowest BCUT2D eigenvalue weighted by atomic mass is 9.90. The highest BCUT2D eigenvalue weighted by atomic mass is 32.2. The van der Waals surface area contributed by atoms with Crippen LogP contribution in [0.3, 0.4) is 0 Å². The summed E-state index contributed by atoms with van der Waals surface area (Å²) in [6, 6.07) is 1.45. The summed E-state index contributed by atoms with van der Waals surface area (Å²) in [5, 5.41) is 0. The summed E-state index contributed by atoms with van der Waals surface area (Å²) in [6.45, 7) is 0. The maximum atomic E-state index is 13.3. The first-order valence-corrected chi connectivity index (χ1v) is 6.89. The number of alkyl halides is 3. The molecule has 0 heterocycles. The minimum atomic E-state index is -5.94. The average Bonchev–Trinajstić information content (AvgIpc) is 2.25. The van der Waals surface area contributed by atoms with E-state index in [4.69, 9.17) is 0 Å². The lowest BCUT2D eigenvalue weighted by molar-refractivity contribution is -0.0500. The Bertz CT molecular complexity index is 664. The van der Waals surface area contributed by atoms with Crippen molar-refractivity contribution in [1.29, 1.82) is 0 Å². The highest BCUT2D eigenvalue weighted by Crippen LogP contribution is 2.34. The van der Waals surface area contributed by atoms with Crippen LogP contribution in [0.15, 0.2) is 12.1 Å². The number of ketones is 1. The van der Waals surface area contributed by atoms with Crippen LogP contribution >= 0.6 is 0 Å². The van der Waals surface area contributed by atoms with Crippen molar-refractivity contribution in [2.75, 3.05) is 0 Å². The lowest BCUT2D eigenvalue weighted by Crippen LogP contribution is -2.29. The van der Waals surface area contributed by atoms with Crippen LogP contribution in [0.4, 0.5) is 17.6 Å². The number of aryl methyl sites for hydroxylation is 1. The number of benzene rings is 1. The number of carbonyl (C=O) groups excluding carboxylic acids is 1. The topological polar surface area (TPSA) is 60.4 Å². The van der Waals surface area contributed by atoms with Crippen molar-refractivity contribution in [2.24, 2.45) is 0 Å². The molecule has 0 aliphatic heterocycles. The van der Waals surface area contributed by atoms with Crippen LogP contribution in [0, 0.1) is 5.82 Å². The number of Topliss-reactive ketones (excluding diaryl/α,β-unsaturated/α-hetero) is 1. The molecule has 1 aromatic rings. The van der Waals surface area contributed by atoms with Crippen molar-refractivity contribution in [3.05, 3.63) is 29.1 Å². The van der Waals surface area contributed by atoms with Crippen LogP contribution in [0.2, 0.25) is 0 Å². The Morgan fingerprint density at radius 1 is 1.15 bits per heavy atom. The fraction of sp³-hybridized carbons (Fsp3) is 0.364. The van der Waals surface area contributed by atoms with E-state index in [1.807, 2.05) is 0 Å². The van der Waals surface area contributed by atoms with E-state index in [1.54, 1.807) is 0 Å². The van der Waals surface area contributed by atoms with Crippen LogP contribution < -0.4 is 4.18 Å². The van der Waals surface area contributed by atoms with Gasteiger partial charge in [-0.1, -0.05) is 0 Å². The molecule has 0 bridgehead atoms. The zero-order valence-corrected chi connectivity index (χ0v) is 10.6. The van der Waals surface area contributed by atoms with Crippen LogP contribution in [-0.2, 0) is 16.5 Å². The van der Waals surface area contributed by atoms with Crippen LogP contribution in [0.5, 0.6) is 5.75 Å². The van der Waals surface area contributed by atoms with Crippen molar-refractivity contribution >= 4 is 15.9 Å². The lowest BCUT2D eigenvalue weighted by Gasteiger charge is -2.18. The van der Waals surface area contributed by atoms with E-state index in [9.17, 15) is 30.8 Å². The van der Waals surface area contributed by atoms with E-state index >= 15 is 0 Å². The number of carbonyl (C=O) groups is 1. The van der Waals surface area contributed by atoms with Crippen molar-refractivity contribution < 1.29 is 35.0 Å². The van der Waals surface area contributed by atoms with Crippen LogP contribution in [0.1, 0.15) is 28.8 Å². The Morgan fingerprint density at radius 3 is 2.40 bits per heavy atom. The van der Waals surface area contributed by atoms with E-state index in [-0.39, 0.29) is 24.0 Å². The largest absolute Gasteiger partial charge is 0.534 e. The summed E-state index contributed by atoms with van der Waals surface area (Å²) in [4.78, 5) is 11.7. The van der Waals surface area contributed by atoms with Gasteiger partial charge in [0.15, 0.2) is 11.5 Å². The molecule has 0 N–H and O–H groups in total. The maximum Gasteiger partial charge on any atom is 0.534 e. The molecule has 0 saturated heterocycles. The summed E-state index contributed by atoms with van der Waals surface area (Å²) in [6.07, 6.45) is 0.725. The zero-order chi connectivity index (χ0) is 15.1. The van der Waals surface area contributed by atoms with E-state index < -0.39 is 33.0 Å². The van der Waals surface area contributed by atoms with E-state index in [0.717, 1.165) is 6.07 Å². The monoisotopic (exact) mass is 312 g/mol. The van der Waals surface area contributed by atoms with Crippen molar-refractivity contribution in [2.45, 2.75) is 24.8 Å². The molecule has 9 heteroatoms. The predicted molar refractivity (Wildman–Crippen MR) is 59.3 cm³/mol. The van der Waals surface area contributed by atoms with Crippen molar-refractivity contribution in [3.63, 3.8) is 0 Å². The maximum absolute atomic E-state index is 13.3. The first-order chi connectivity index (χ1) is 9.12. The Morgan fingerprint density at radius 2 is 1.80 bits per heavy atom. The Balaban J connectivity index is 2.53. The molecular weight excluding hydrogens is 304 g/mol. The third-order valence-electron chi connectivity index (χ3n) is 2.76. The van der Waals surface area contributed by atoms with Gasteiger partial charge < -0.3 is 4.18 Å². The van der Waals surface area contributed by atoms with Gasteiger partial charge in [-0.3, -0.25) is 4.79 Å². The molecule has 0 unspecified atom stereocenters. The van der Waals surface area contributed by atoms with Crippen LogP contribution in [-0.4, -0.2) is 19.7 Å². The predicted octanol–water partition coefficient (Wildman–Crippen LogP) is 2.57. The number of rotatable bonds is 2. The minimum absolute atomic E-state index is 0.0427. The smallest absolute Gasteiger partial charge is 0.375 e. The molecule has 0 saturated carbocycles. The van der Waals surface area contributed by atoms with Crippen LogP contribution in [0.25, 0.3) is 0 Å². The summed E-state index contributed by atoms with van der Waals surface area (Å²) in [5.74, 6) is -2.45. The second-order valence-electron chi connectivity index (χ2n) is 4.20. The molecule has 1 aromatic carbocycles. The van der Waals surface area contributed by atoms with Gasteiger partial charge in [0.2, 0.25) is 0 Å². The van der Waals surface area contributed by atoms with Crippen molar-refractivity contribution in [1.82, 2.24) is 0 Å². The van der Waals surface area contributed by atoms with Crippen molar-refractivity contribution in [3.8, 4) is 5.75 Å². The van der Waals surface area contributed by atoms with Gasteiger partial charge in [0.1, 0.15) is 5.82 Å². The third kappa shape index (κ3) is 2.62. The zero-order valence-electron chi connectivity index (χ0n) is 9.83. The van der Waals surface area contributed by atoms with Gasteiger partial charge in [-0.2, -0.15) is 21.6 Å². The SMILES string of the molecule is O=C1CCCc2cc(F)cc(OS(=O)(=O)C(F)(F)F)c21. The molecule has 110 valence electrons. The number of hydrogen-bond donors (Lipinski definition) is 0. The van der Waals surface area contributed by atoms with Gasteiger partial charge in [0.25, 0.3) is 0 Å². The highest BCUT2D eigenvalue weighted by Gasteiger charge is 2.49. The fourth-order valence-corrected chi connectivity index (χ4v) is 2.41. The normalized spacial score (nSPS) is 15.9. The van der Waals surface area contributed by atoms with Gasteiger partial charge in [-0.05, 0) is 24.5 Å². The second-order valence-corrected chi connectivity index (χ2v) is 5.74. The van der Waals surface area contributed by atoms with Gasteiger partial charge >= 0.3 is 15.6 Å². The quantitative estimate of drug-likeness (QED) is 0.478. The number of halogens is 4. The molecule has 0 aromatic heterocycles. The first-order valence-electron chi connectivity index (χ1n) is 5.48. The number of fused-ring (bicyclic) bond motifs is 1. The second kappa shape index (κ2) is 4.72. The molecule has 2 rings (SSSR count). The standard InChI is InChI=1S/C11H8F4O4S/c12-7-4-6-2-1-3-8(16)10(6)9(5-7)19-20(17,18)11(13,14)15/h4-5H,1-3H2. The molecule has 0 atom stereocenters. The third-order valence-corrected chi connectivity index (χ3v) is 3.73. The van der Waals surface area contributed by atoms with Gasteiger partial charge in [0, 0.05) is 12.5 Å². The molecule has 0 fully saturated rings. The summed E-state index contributed by atoms with van der Waals surface area (Å²) in [7, 11) is -5.94. The van der Waals surface area contributed by atoms with Gasteiger partial charge in [-0.15, -0.1) is 0 Å². The molecule has 0 spiro atoms. The fourth-order valence-electron chi connectivity index (χ4n) is 1.95. The Labute approximate surface area is 111 Å². The molecule has 4 nitrogen and oxygen atoms in total. The highest BCUT2D eigenvalue weighted by molar-refractivity contribution is 7.88. The molecular formula is C11H8F4O4S. The number of hydrogen-bond acceptors (Lipinski definition) is 4. The van der Waals surface area contributed by atoms with E-state index in [0.29, 0.717) is 12.5 Å². The molecule has 0 radical (unpaired) electrons. The molecule has 20 heavy (non-hydrogen) atoms. The first kappa shape index (κ1) is 14.8. The van der Waals surface area contributed by atoms with Gasteiger partial charge in [0.05, 0.1) is 5.56 Å². The van der Waals surface area contributed by atoms with E-state index in [1.165, 1.54) is 0 Å². The summed E-state index contributed by atoms with van der Waals surface area (Å²) in [5.41, 5.74) is -5.80. The molecule has 1 aliphatic rings.